The average Bonchev–Trinajstić information content (AvgIpc) is 3.24. The Bertz CT molecular complexity index is 679. The van der Waals surface area contributed by atoms with E-state index in [1.54, 1.807) is 0 Å². The van der Waals surface area contributed by atoms with E-state index >= 15 is 0 Å². The van der Waals surface area contributed by atoms with E-state index in [0.29, 0.717) is 11.9 Å². The van der Waals surface area contributed by atoms with Crippen molar-refractivity contribution < 1.29 is 9.63 Å². The molecule has 140 valence electrons. The van der Waals surface area contributed by atoms with Gasteiger partial charge in [-0.3, -0.25) is 9.80 Å². The van der Waals surface area contributed by atoms with Gasteiger partial charge in [-0.25, -0.2) is 4.98 Å². The van der Waals surface area contributed by atoms with Gasteiger partial charge in [0.2, 0.25) is 12.2 Å². The summed E-state index contributed by atoms with van der Waals surface area (Å²) in [4.78, 5) is 16.0. The Morgan fingerprint density at radius 3 is 2.58 bits per heavy atom. The number of aliphatic hydroxyl groups excluding tert-OH is 1. The van der Waals surface area contributed by atoms with Crippen molar-refractivity contribution in [3.63, 3.8) is 0 Å². The fourth-order valence-corrected chi connectivity index (χ4v) is 3.98. The summed E-state index contributed by atoms with van der Waals surface area (Å²) in [5.41, 5.74) is 0.936. The Kier molecular flexibility index (Phi) is 5.42. The molecule has 8 heteroatoms. The van der Waals surface area contributed by atoms with Crippen molar-refractivity contribution in [1.82, 2.24) is 24.9 Å². The minimum atomic E-state index is 0.258. The standard InChI is InChI=1S/C18H26N6O2/c25-12-11-22-7-9-23(10-8-22)16-2-5-24(6-3-16)17-13-15(1-4-19-17)18-20-14-26-21-18/h1,4,13-14,16,25H,2-3,5-12H2. The molecule has 0 atom stereocenters. The molecule has 0 spiro atoms. The first-order valence-corrected chi connectivity index (χ1v) is 9.38. The molecule has 1 N–H and O–H groups in total. The van der Waals surface area contributed by atoms with E-state index < -0.39 is 0 Å². The second-order valence-corrected chi connectivity index (χ2v) is 6.98. The molecule has 2 aliphatic rings. The Balaban J connectivity index is 1.32. The third-order valence-electron chi connectivity index (χ3n) is 5.49. The van der Waals surface area contributed by atoms with Crippen LogP contribution in [0.1, 0.15) is 12.8 Å². The predicted octanol–water partition coefficient (Wildman–Crippen LogP) is 0.710. The highest BCUT2D eigenvalue weighted by Crippen LogP contribution is 2.25. The smallest absolute Gasteiger partial charge is 0.214 e. The van der Waals surface area contributed by atoms with Crippen LogP contribution in [0.15, 0.2) is 29.2 Å². The largest absolute Gasteiger partial charge is 0.395 e. The average molecular weight is 358 g/mol. The molecule has 2 saturated heterocycles. The van der Waals surface area contributed by atoms with Gasteiger partial charge in [0.25, 0.3) is 0 Å². The van der Waals surface area contributed by atoms with E-state index in [0.717, 1.165) is 70.0 Å². The highest BCUT2D eigenvalue weighted by Gasteiger charge is 2.27. The summed E-state index contributed by atoms with van der Waals surface area (Å²) in [6, 6.07) is 4.61. The van der Waals surface area contributed by atoms with Crippen LogP contribution in [0.3, 0.4) is 0 Å². The maximum absolute atomic E-state index is 9.07. The fourth-order valence-electron chi connectivity index (χ4n) is 3.98. The summed E-state index contributed by atoms with van der Waals surface area (Å²) in [5.74, 6) is 1.59. The van der Waals surface area contributed by atoms with Gasteiger partial charge < -0.3 is 14.5 Å². The van der Waals surface area contributed by atoms with Gasteiger partial charge >= 0.3 is 0 Å². The van der Waals surface area contributed by atoms with Gasteiger partial charge in [-0.15, -0.1) is 0 Å². The monoisotopic (exact) mass is 358 g/mol. The molecule has 2 fully saturated rings. The molecule has 0 radical (unpaired) electrons. The molecule has 4 heterocycles. The van der Waals surface area contributed by atoms with Gasteiger partial charge in [0.15, 0.2) is 0 Å². The molecule has 0 amide bonds. The molecule has 26 heavy (non-hydrogen) atoms. The number of piperidine rings is 1. The van der Waals surface area contributed by atoms with Crippen molar-refractivity contribution >= 4 is 5.82 Å². The lowest BCUT2D eigenvalue weighted by atomic mass is 10.0. The van der Waals surface area contributed by atoms with Gasteiger partial charge in [0, 0.05) is 63.6 Å². The Hall–Kier alpha value is -2.03. The van der Waals surface area contributed by atoms with Gasteiger partial charge in [-0.05, 0) is 25.0 Å². The molecule has 2 aliphatic heterocycles. The number of β-amino-alcohol motifs (C(OH)–C–C–N with tert-alkyl or cyclic N) is 1. The van der Waals surface area contributed by atoms with Crippen molar-refractivity contribution in [3.05, 3.63) is 24.7 Å². The van der Waals surface area contributed by atoms with Crippen LogP contribution in [-0.4, -0.2) is 88.5 Å². The first-order valence-electron chi connectivity index (χ1n) is 9.38. The minimum Gasteiger partial charge on any atom is -0.395 e. The maximum Gasteiger partial charge on any atom is 0.214 e. The number of nitrogens with zero attached hydrogens (tertiary/aromatic N) is 6. The van der Waals surface area contributed by atoms with Gasteiger partial charge in [-0.2, -0.15) is 4.98 Å². The summed E-state index contributed by atoms with van der Waals surface area (Å²) in [7, 11) is 0. The van der Waals surface area contributed by atoms with Crippen LogP contribution < -0.4 is 4.90 Å². The van der Waals surface area contributed by atoms with Crippen molar-refractivity contribution in [1.29, 1.82) is 0 Å². The second-order valence-electron chi connectivity index (χ2n) is 6.98. The quantitative estimate of drug-likeness (QED) is 0.837. The number of pyridine rings is 1. The van der Waals surface area contributed by atoms with Gasteiger partial charge in [0.05, 0.1) is 6.61 Å². The van der Waals surface area contributed by atoms with Crippen molar-refractivity contribution in [2.75, 3.05) is 57.3 Å². The number of aliphatic hydroxyl groups is 1. The van der Waals surface area contributed by atoms with Gasteiger partial charge in [0.1, 0.15) is 5.82 Å². The molecule has 0 bridgehead atoms. The second kappa shape index (κ2) is 8.11. The summed E-state index contributed by atoms with van der Waals surface area (Å²) in [6.07, 6.45) is 5.48. The first-order chi connectivity index (χ1) is 12.8. The number of aromatic nitrogens is 3. The van der Waals surface area contributed by atoms with E-state index in [1.165, 1.54) is 6.39 Å². The zero-order valence-electron chi connectivity index (χ0n) is 15.0. The van der Waals surface area contributed by atoms with Crippen LogP contribution in [0.4, 0.5) is 5.82 Å². The van der Waals surface area contributed by atoms with E-state index in [4.69, 9.17) is 9.63 Å². The molecule has 0 aliphatic carbocycles. The van der Waals surface area contributed by atoms with Crippen molar-refractivity contribution in [2.45, 2.75) is 18.9 Å². The van der Waals surface area contributed by atoms with Crippen LogP contribution in [0.5, 0.6) is 0 Å². The topological polar surface area (TPSA) is 81.8 Å². The van der Waals surface area contributed by atoms with Gasteiger partial charge in [-0.1, -0.05) is 5.16 Å². The summed E-state index contributed by atoms with van der Waals surface area (Å²) in [6.45, 7) is 7.44. The lowest BCUT2D eigenvalue weighted by Gasteiger charge is -2.43. The van der Waals surface area contributed by atoms with Crippen LogP contribution in [-0.2, 0) is 0 Å². The van der Waals surface area contributed by atoms with Crippen LogP contribution in [0, 0.1) is 0 Å². The molecule has 2 aromatic rings. The lowest BCUT2D eigenvalue weighted by molar-refractivity contribution is 0.0746. The van der Waals surface area contributed by atoms with Crippen LogP contribution in [0.25, 0.3) is 11.4 Å². The highest BCUT2D eigenvalue weighted by molar-refractivity contribution is 5.59. The molecular weight excluding hydrogens is 332 g/mol. The zero-order valence-corrected chi connectivity index (χ0v) is 15.0. The Labute approximate surface area is 153 Å². The van der Waals surface area contributed by atoms with E-state index in [2.05, 4.69) is 29.8 Å². The highest BCUT2D eigenvalue weighted by atomic mass is 16.5. The zero-order chi connectivity index (χ0) is 17.8. The van der Waals surface area contributed by atoms with E-state index in [1.807, 2.05) is 18.3 Å². The maximum atomic E-state index is 9.07. The lowest BCUT2D eigenvalue weighted by Crippen LogP contribution is -2.53. The normalized spacial score (nSPS) is 20.6. The third-order valence-corrected chi connectivity index (χ3v) is 5.49. The van der Waals surface area contributed by atoms with E-state index in [-0.39, 0.29) is 6.61 Å². The van der Waals surface area contributed by atoms with Crippen molar-refractivity contribution in [2.24, 2.45) is 0 Å². The minimum absolute atomic E-state index is 0.258. The van der Waals surface area contributed by atoms with Crippen molar-refractivity contribution in [3.8, 4) is 11.4 Å². The molecule has 8 nitrogen and oxygen atoms in total. The number of hydrogen-bond acceptors (Lipinski definition) is 8. The van der Waals surface area contributed by atoms with Crippen LogP contribution in [0.2, 0.25) is 0 Å². The summed E-state index contributed by atoms with van der Waals surface area (Å²) in [5, 5.41) is 13.0. The Morgan fingerprint density at radius 1 is 1.08 bits per heavy atom. The molecule has 0 aromatic carbocycles. The van der Waals surface area contributed by atoms with E-state index in [9.17, 15) is 0 Å². The molecular formula is C18H26N6O2. The molecule has 2 aromatic heterocycles. The predicted molar refractivity (Wildman–Crippen MR) is 97.9 cm³/mol. The fraction of sp³-hybridized carbons (Fsp3) is 0.611. The SMILES string of the molecule is OCCN1CCN(C2CCN(c3cc(-c4ncon4)ccn3)CC2)CC1. The number of anilines is 1. The summed E-state index contributed by atoms with van der Waals surface area (Å²) >= 11 is 0. The summed E-state index contributed by atoms with van der Waals surface area (Å²) < 4.78 is 4.84. The third kappa shape index (κ3) is 3.87. The number of piperazine rings is 1. The molecule has 0 saturated carbocycles. The Morgan fingerprint density at radius 2 is 1.88 bits per heavy atom. The number of rotatable bonds is 5. The molecule has 4 rings (SSSR count). The molecule has 0 unspecified atom stereocenters. The first kappa shape index (κ1) is 17.4. The number of hydrogen-bond donors (Lipinski definition) is 1. The van der Waals surface area contributed by atoms with Crippen LogP contribution >= 0.6 is 0 Å².